The Balaban J connectivity index is 2.66. The van der Waals surface area contributed by atoms with Crippen molar-refractivity contribution in [2.75, 3.05) is 33.7 Å². The van der Waals surface area contributed by atoms with Crippen molar-refractivity contribution in [1.82, 2.24) is 9.80 Å². The summed E-state index contributed by atoms with van der Waals surface area (Å²) < 4.78 is 0. The monoisotopic (exact) mass is 213 g/mol. The predicted octanol–water partition coefficient (Wildman–Crippen LogP) is 1.14. The fourth-order valence-electron chi connectivity index (χ4n) is 2.62. The van der Waals surface area contributed by atoms with Gasteiger partial charge in [-0.2, -0.15) is 0 Å². The van der Waals surface area contributed by atoms with Crippen molar-refractivity contribution in [3.05, 3.63) is 0 Å². The van der Waals surface area contributed by atoms with Crippen LogP contribution in [-0.4, -0.2) is 55.1 Å². The maximum atomic E-state index is 5.94. The number of nitrogens with two attached hydrogens (primary N) is 1. The molecule has 3 nitrogen and oxygen atoms in total. The van der Waals surface area contributed by atoms with E-state index < -0.39 is 0 Å². The standard InChI is InChI=1S/C12H27N3/c1-5-12(2,10-13)15-8-6-7-11(15)9-14(3)4/h11H,5-10,13H2,1-4H3. The van der Waals surface area contributed by atoms with E-state index in [0.717, 1.165) is 19.5 Å². The molecular formula is C12H27N3. The van der Waals surface area contributed by atoms with Crippen LogP contribution in [0.1, 0.15) is 33.1 Å². The molecule has 0 saturated carbocycles. The van der Waals surface area contributed by atoms with Gasteiger partial charge < -0.3 is 10.6 Å². The second kappa shape index (κ2) is 5.28. The van der Waals surface area contributed by atoms with Crippen LogP contribution in [0.15, 0.2) is 0 Å². The lowest BCUT2D eigenvalue weighted by molar-refractivity contribution is 0.0783. The Labute approximate surface area is 94.6 Å². The Kier molecular flexibility index (Phi) is 4.56. The zero-order valence-corrected chi connectivity index (χ0v) is 10.8. The molecule has 0 aromatic carbocycles. The van der Waals surface area contributed by atoms with Crippen molar-refractivity contribution in [3.8, 4) is 0 Å². The highest BCUT2D eigenvalue weighted by Gasteiger charge is 2.36. The highest BCUT2D eigenvalue weighted by Crippen LogP contribution is 2.28. The molecule has 0 amide bonds. The minimum absolute atomic E-state index is 0.206. The lowest BCUT2D eigenvalue weighted by Crippen LogP contribution is -2.55. The maximum Gasteiger partial charge on any atom is 0.0304 e. The van der Waals surface area contributed by atoms with E-state index in [9.17, 15) is 0 Å². The first kappa shape index (κ1) is 12.9. The highest BCUT2D eigenvalue weighted by molar-refractivity contribution is 4.94. The molecule has 1 aliphatic heterocycles. The molecule has 1 heterocycles. The maximum absolute atomic E-state index is 5.94. The molecular weight excluding hydrogens is 186 g/mol. The fraction of sp³-hybridized carbons (Fsp3) is 1.00. The van der Waals surface area contributed by atoms with Gasteiger partial charge in [0, 0.05) is 24.7 Å². The van der Waals surface area contributed by atoms with Gasteiger partial charge in [0.15, 0.2) is 0 Å². The molecule has 0 bridgehead atoms. The molecule has 0 aliphatic carbocycles. The summed E-state index contributed by atoms with van der Waals surface area (Å²) in [5.74, 6) is 0. The quantitative estimate of drug-likeness (QED) is 0.743. The summed E-state index contributed by atoms with van der Waals surface area (Å²) in [7, 11) is 4.31. The molecule has 2 atom stereocenters. The van der Waals surface area contributed by atoms with Gasteiger partial charge in [0.05, 0.1) is 0 Å². The van der Waals surface area contributed by atoms with E-state index in [1.54, 1.807) is 0 Å². The van der Waals surface area contributed by atoms with Crippen LogP contribution < -0.4 is 5.73 Å². The van der Waals surface area contributed by atoms with E-state index in [2.05, 4.69) is 37.7 Å². The topological polar surface area (TPSA) is 32.5 Å². The van der Waals surface area contributed by atoms with Crippen molar-refractivity contribution >= 4 is 0 Å². The van der Waals surface area contributed by atoms with Crippen molar-refractivity contribution in [2.24, 2.45) is 5.73 Å². The zero-order chi connectivity index (χ0) is 11.5. The van der Waals surface area contributed by atoms with Crippen molar-refractivity contribution < 1.29 is 0 Å². The molecule has 2 N–H and O–H groups in total. The van der Waals surface area contributed by atoms with Gasteiger partial charge in [0.25, 0.3) is 0 Å². The fourth-order valence-corrected chi connectivity index (χ4v) is 2.62. The van der Waals surface area contributed by atoms with Crippen molar-refractivity contribution in [1.29, 1.82) is 0 Å². The molecule has 1 fully saturated rings. The van der Waals surface area contributed by atoms with Gasteiger partial charge in [-0.3, -0.25) is 4.90 Å². The summed E-state index contributed by atoms with van der Waals surface area (Å²) in [4.78, 5) is 4.92. The summed E-state index contributed by atoms with van der Waals surface area (Å²) >= 11 is 0. The number of rotatable bonds is 5. The molecule has 90 valence electrons. The molecule has 3 heteroatoms. The normalized spacial score (nSPS) is 27.2. The Morgan fingerprint density at radius 1 is 1.47 bits per heavy atom. The first-order chi connectivity index (χ1) is 7.03. The van der Waals surface area contributed by atoms with Crippen LogP contribution in [0.5, 0.6) is 0 Å². The number of hydrogen-bond donors (Lipinski definition) is 1. The van der Waals surface area contributed by atoms with Crippen LogP contribution in [0.4, 0.5) is 0 Å². The van der Waals surface area contributed by atoms with E-state index in [-0.39, 0.29) is 5.54 Å². The minimum Gasteiger partial charge on any atom is -0.329 e. The van der Waals surface area contributed by atoms with Crippen LogP contribution in [0.2, 0.25) is 0 Å². The molecule has 1 saturated heterocycles. The van der Waals surface area contributed by atoms with Crippen molar-refractivity contribution in [3.63, 3.8) is 0 Å². The third-order valence-corrected chi connectivity index (χ3v) is 3.85. The van der Waals surface area contributed by atoms with Gasteiger partial charge in [-0.25, -0.2) is 0 Å². The Bertz CT molecular complexity index is 187. The molecule has 1 aliphatic rings. The van der Waals surface area contributed by atoms with Gasteiger partial charge >= 0.3 is 0 Å². The number of hydrogen-bond acceptors (Lipinski definition) is 3. The van der Waals surface area contributed by atoms with Crippen LogP contribution in [0.25, 0.3) is 0 Å². The molecule has 0 spiro atoms. The van der Waals surface area contributed by atoms with Gasteiger partial charge in [0.1, 0.15) is 0 Å². The van der Waals surface area contributed by atoms with Gasteiger partial charge in [0.2, 0.25) is 0 Å². The number of likely N-dealkylation sites (tertiary alicyclic amines) is 1. The SMILES string of the molecule is CCC(C)(CN)N1CCCC1CN(C)C. The van der Waals surface area contributed by atoms with Gasteiger partial charge in [-0.15, -0.1) is 0 Å². The Morgan fingerprint density at radius 3 is 2.60 bits per heavy atom. The molecule has 1 rings (SSSR count). The largest absolute Gasteiger partial charge is 0.329 e. The smallest absolute Gasteiger partial charge is 0.0304 e. The first-order valence-electron chi connectivity index (χ1n) is 6.15. The molecule has 0 aromatic rings. The summed E-state index contributed by atoms with van der Waals surface area (Å²) in [6.45, 7) is 7.71. The van der Waals surface area contributed by atoms with Gasteiger partial charge in [-0.05, 0) is 46.8 Å². The van der Waals surface area contributed by atoms with Crippen molar-refractivity contribution in [2.45, 2.75) is 44.7 Å². The minimum atomic E-state index is 0.206. The lowest BCUT2D eigenvalue weighted by atomic mass is 9.95. The van der Waals surface area contributed by atoms with Crippen LogP contribution in [0.3, 0.4) is 0 Å². The van der Waals surface area contributed by atoms with E-state index in [0.29, 0.717) is 6.04 Å². The number of likely N-dealkylation sites (N-methyl/N-ethyl adjacent to an activating group) is 1. The average molecular weight is 213 g/mol. The second-order valence-electron chi connectivity index (χ2n) is 5.31. The summed E-state index contributed by atoms with van der Waals surface area (Å²) in [6, 6.07) is 0.702. The Morgan fingerprint density at radius 2 is 2.13 bits per heavy atom. The van der Waals surface area contributed by atoms with Crippen LogP contribution in [0, 0.1) is 0 Å². The predicted molar refractivity (Wildman–Crippen MR) is 66.0 cm³/mol. The highest BCUT2D eigenvalue weighted by atomic mass is 15.3. The van der Waals surface area contributed by atoms with Crippen LogP contribution in [-0.2, 0) is 0 Å². The van der Waals surface area contributed by atoms with E-state index >= 15 is 0 Å². The van der Waals surface area contributed by atoms with E-state index in [1.165, 1.54) is 19.4 Å². The molecule has 0 radical (unpaired) electrons. The molecule has 15 heavy (non-hydrogen) atoms. The third kappa shape index (κ3) is 2.92. The summed E-state index contributed by atoms with van der Waals surface area (Å²) in [6.07, 6.45) is 3.80. The zero-order valence-electron chi connectivity index (χ0n) is 10.8. The van der Waals surface area contributed by atoms with Crippen LogP contribution >= 0.6 is 0 Å². The van der Waals surface area contributed by atoms with E-state index in [4.69, 9.17) is 5.73 Å². The summed E-state index contributed by atoms with van der Waals surface area (Å²) in [5.41, 5.74) is 6.14. The molecule has 2 unspecified atom stereocenters. The number of nitrogens with zero attached hydrogens (tertiary/aromatic N) is 2. The molecule has 0 aromatic heterocycles. The third-order valence-electron chi connectivity index (χ3n) is 3.85. The van der Waals surface area contributed by atoms with Gasteiger partial charge in [-0.1, -0.05) is 6.92 Å². The summed E-state index contributed by atoms with van der Waals surface area (Å²) in [5, 5.41) is 0. The average Bonchev–Trinajstić information content (AvgIpc) is 2.64. The first-order valence-corrected chi connectivity index (χ1v) is 6.15. The Hall–Kier alpha value is -0.120. The second-order valence-corrected chi connectivity index (χ2v) is 5.31. The van der Waals surface area contributed by atoms with E-state index in [1.807, 2.05) is 0 Å². The lowest BCUT2D eigenvalue weighted by Gasteiger charge is -2.42.